The Morgan fingerprint density at radius 2 is 1.61 bits per heavy atom. The maximum Gasteiger partial charge on any atom is 0.255 e. The fourth-order valence-corrected chi connectivity index (χ4v) is 7.44. The van der Waals surface area contributed by atoms with Gasteiger partial charge in [-0.3, -0.25) is 9.48 Å². The Hall–Kier alpha value is -2.93. The summed E-state index contributed by atoms with van der Waals surface area (Å²) in [6, 6.07) is 13.3. The van der Waals surface area contributed by atoms with Crippen LogP contribution in [0, 0.1) is 5.92 Å². The van der Waals surface area contributed by atoms with Crippen molar-refractivity contribution < 1.29 is 4.79 Å². The molecule has 6 rings (SSSR count). The standard InChI is InChI=1S/C34H48N6O/c1-38-32-28(23-35-38)22-31(34(41)36-29-18-20-39(21-19-29)24-26-12-6-4-7-13-26)33(37-32)40(25-27-14-8-5-9-15-27)30-16-10-2-3-11-17-30/h5,8-9,14-15,22-23,26,29-30H,2-4,6-7,10-13,16-21,24-25H2,1H3,(H,36,41). The number of carbonyl (C=O) groups is 1. The van der Waals surface area contributed by atoms with Gasteiger partial charge in [-0.2, -0.15) is 5.10 Å². The van der Waals surface area contributed by atoms with Crippen molar-refractivity contribution in [1.29, 1.82) is 0 Å². The third-order valence-electron chi connectivity index (χ3n) is 9.83. The maximum atomic E-state index is 14.1. The first-order chi connectivity index (χ1) is 20.1. The van der Waals surface area contributed by atoms with Gasteiger partial charge in [0.2, 0.25) is 0 Å². The summed E-state index contributed by atoms with van der Waals surface area (Å²) in [6.45, 7) is 4.15. The Balaban J connectivity index is 1.24. The summed E-state index contributed by atoms with van der Waals surface area (Å²) in [5.74, 6) is 1.69. The molecule has 2 saturated carbocycles. The van der Waals surface area contributed by atoms with Crippen molar-refractivity contribution in [3.63, 3.8) is 0 Å². The minimum absolute atomic E-state index is 0.00988. The number of rotatable bonds is 8. The maximum absolute atomic E-state index is 14.1. The van der Waals surface area contributed by atoms with E-state index in [2.05, 4.69) is 50.5 Å². The molecule has 1 aromatic carbocycles. The number of anilines is 1. The van der Waals surface area contributed by atoms with E-state index in [1.807, 2.05) is 24.0 Å². The highest BCUT2D eigenvalue weighted by Gasteiger charge is 2.29. The molecule has 0 atom stereocenters. The average molecular weight is 557 g/mol. The fourth-order valence-electron chi connectivity index (χ4n) is 7.44. The van der Waals surface area contributed by atoms with Crippen LogP contribution in [0.25, 0.3) is 11.0 Å². The van der Waals surface area contributed by atoms with Crippen molar-refractivity contribution in [2.45, 2.75) is 102 Å². The zero-order chi connectivity index (χ0) is 28.0. The van der Waals surface area contributed by atoms with E-state index in [-0.39, 0.29) is 11.9 Å². The molecule has 1 saturated heterocycles. The van der Waals surface area contributed by atoms with E-state index in [0.29, 0.717) is 11.6 Å². The smallest absolute Gasteiger partial charge is 0.255 e. The van der Waals surface area contributed by atoms with Gasteiger partial charge >= 0.3 is 0 Å². The van der Waals surface area contributed by atoms with Crippen LogP contribution in [0.15, 0.2) is 42.6 Å². The van der Waals surface area contributed by atoms with E-state index in [1.165, 1.54) is 69.9 Å². The molecule has 0 radical (unpaired) electrons. The van der Waals surface area contributed by atoms with Gasteiger partial charge in [0, 0.05) is 50.7 Å². The minimum atomic E-state index is 0.00988. The topological polar surface area (TPSA) is 66.3 Å². The Morgan fingerprint density at radius 1 is 0.927 bits per heavy atom. The molecule has 3 fully saturated rings. The van der Waals surface area contributed by atoms with Gasteiger partial charge in [-0.25, -0.2) is 4.98 Å². The first-order valence-corrected chi connectivity index (χ1v) is 16.3. The lowest BCUT2D eigenvalue weighted by molar-refractivity contribution is 0.0901. The highest BCUT2D eigenvalue weighted by atomic mass is 16.1. The molecule has 0 spiro atoms. The Morgan fingerprint density at radius 3 is 2.34 bits per heavy atom. The number of aromatic nitrogens is 3. The van der Waals surface area contributed by atoms with Crippen molar-refractivity contribution >= 4 is 22.8 Å². The second-order valence-corrected chi connectivity index (χ2v) is 12.9. The van der Waals surface area contributed by atoms with Crippen molar-refractivity contribution in [2.75, 3.05) is 24.5 Å². The average Bonchev–Trinajstić information content (AvgIpc) is 3.18. The van der Waals surface area contributed by atoms with Crippen molar-refractivity contribution in [3.8, 4) is 0 Å². The number of fused-ring (bicyclic) bond motifs is 1. The van der Waals surface area contributed by atoms with E-state index in [4.69, 9.17) is 4.98 Å². The molecule has 41 heavy (non-hydrogen) atoms. The first-order valence-electron chi connectivity index (χ1n) is 16.3. The van der Waals surface area contributed by atoms with Crippen LogP contribution in [0.3, 0.4) is 0 Å². The molecule has 0 unspecified atom stereocenters. The lowest BCUT2D eigenvalue weighted by atomic mass is 9.88. The van der Waals surface area contributed by atoms with Crippen LogP contribution in [0.4, 0.5) is 5.82 Å². The van der Waals surface area contributed by atoms with Gasteiger partial charge in [-0.05, 0) is 56.1 Å². The van der Waals surface area contributed by atoms with Gasteiger partial charge in [-0.1, -0.05) is 75.3 Å². The third kappa shape index (κ3) is 6.94. The molecule has 7 nitrogen and oxygen atoms in total. The second kappa shape index (κ2) is 13.4. The number of aryl methyl sites for hydroxylation is 1. The Kier molecular flexibility index (Phi) is 9.19. The van der Waals surface area contributed by atoms with E-state index in [0.717, 1.165) is 68.1 Å². The van der Waals surface area contributed by atoms with Crippen LogP contribution < -0.4 is 10.2 Å². The molecule has 7 heteroatoms. The number of likely N-dealkylation sites (tertiary alicyclic amines) is 1. The summed E-state index contributed by atoms with van der Waals surface area (Å²) in [7, 11) is 1.94. The SMILES string of the molecule is Cn1ncc2cc(C(=O)NC3CCN(CC4CCCCC4)CC3)c(N(Cc3ccccc3)C3CCCCCC3)nc21. The van der Waals surface area contributed by atoms with Gasteiger partial charge < -0.3 is 15.1 Å². The van der Waals surface area contributed by atoms with Crippen LogP contribution in [0.1, 0.15) is 99.4 Å². The van der Waals surface area contributed by atoms with E-state index < -0.39 is 0 Å². The van der Waals surface area contributed by atoms with Gasteiger partial charge in [0.15, 0.2) is 5.65 Å². The predicted molar refractivity (Wildman–Crippen MR) is 166 cm³/mol. The lowest BCUT2D eigenvalue weighted by Gasteiger charge is -2.36. The third-order valence-corrected chi connectivity index (χ3v) is 9.83. The van der Waals surface area contributed by atoms with Crippen molar-refractivity contribution in [2.24, 2.45) is 13.0 Å². The van der Waals surface area contributed by atoms with Crippen LogP contribution in [-0.4, -0.2) is 57.3 Å². The zero-order valence-electron chi connectivity index (χ0n) is 24.9. The fraction of sp³-hybridized carbons (Fsp3) is 0.618. The number of nitrogens with zero attached hydrogens (tertiary/aromatic N) is 5. The van der Waals surface area contributed by atoms with Crippen molar-refractivity contribution in [3.05, 3.63) is 53.7 Å². The van der Waals surface area contributed by atoms with Crippen LogP contribution in [0.2, 0.25) is 0 Å². The summed E-state index contributed by atoms with van der Waals surface area (Å²) in [6.07, 6.45) is 18.2. The highest BCUT2D eigenvalue weighted by molar-refractivity contribution is 6.02. The molecule has 3 aliphatic rings. The molecule has 1 amide bonds. The van der Waals surface area contributed by atoms with Crippen LogP contribution in [0.5, 0.6) is 0 Å². The predicted octanol–water partition coefficient (Wildman–Crippen LogP) is 6.47. The monoisotopic (exact) mass is 556 g/mol. The van der Waals surface area contributed by atoms with Gasteiger partial charge in [-0.15, -0.1) is 0 Å². The summed E-state index contributed by atoms with van der Waals surface area (Å²) >= 11 is 0. The van der Waals surface area contributed by atoms with Gasteiger partial charge in [0.25, 0.3) is 5.91 Å². The number of carbonyl (C=O) groups excluding carboxylic acids is 1. The zero-order valence-corrected chi connectivity index (χ0v) is 24.9. The molecule has 0 bridgehead atoms. The molecule has 2 aromatic heterocycles. The number of pyridine rings is 1. The van der Waals surface area contributed by atoms with E-state index in [1.54, 1.807) is 0 Å². The molecule has 3 heterocycles. The van der Waals surface area contributed by atoms with Crippen LogP contribution >= 0.6 is 0 Å². The number of hydrogen-bond donors (Lipinski definition) is 1. The molecule has 2 aliphatic carbocycles. The molecular formula is C34H48N6O. The molecule has 3 aromatic rings. The number of hydrogen-bond acceptors (Lipinski definition) is 5. The summed E-state index contributed by atoms with van der Waals surface area (Å²) in [5.41, 5.74) is 2.77. The molecular weight excluding hydrogens is 508 g/mol. The number of benzene rings is 1. The number of nitrogens with one attached hydrogen (secondary N) is 1. The Labute approximate surface area is 245 Å². The number of piperidine rings is 1. The summed E-state index contributed by atoms with van der Waals surface area (Å²) < 4.78 is 1.83. The van der Waals surface area contributed by atoms with Crippen molar-refractivity contribution in [1.82, 2.24) is 25.0 Å². The second-order valence-electron chi connectivity index (χ2n) is 12.9. The van der Waals surface area contributed by atoms with Gasteiger partial charge in [0.05, 0.1) is 11.8 Å². The minimum Gasteiger partial charge on any atom is -0.349 e. The summed E-state index contributed by atoms with van der Waals surface area (Å²) in [5, 5.41) is 8.84. The molecule has 220 valence electrons. The van der Waals surface area contributed by atoms with E-state index in [9.17, 15) is 4.79 Å². The largest absolute Gasteiger partial charge is 0.349 e. The lowest BCUT2D eigenvalue weighted by Crippen LogP contribution is -2.46. The summed E-state index contributed by atoms with van der Waals surface area (Å²) in [4.78, 5) is 24.3. The van der Waals surface area contributed by atoms with E-state index >= 15 is 0 Å². The number of amides is 1. The Bertz CT molecular complexity index is 1270. The first kappa shape index (κ1) is 28.2. The normalized spacial score (nSPS) is 20.2. The highest BCUT2D eigenvalue weighted by Crippen LogP contribution is 2.32. The van der Waals surface area contributed by atoms with Crippen LogP contribution in [-0.2, 0) is 13.6 Å². The quantitative estimate of drug-likeness (QED) is 0.322. The molecule has 1 aliphatic heterocycles. The molecule has 1 N–H and O–H groups in total. The van der Waals surface area contributed by atoms with Gasteiger partial charge in [0.1, 0.15) is 5.82 Å².